The van der Waals surface area contributed by atoms with Gasteiger partial charge in [0.15, 0.2) is 0 Å². The van der Waals surface area contributed by atoms with Crippen LogP contribution in [0.1, 0.15) is 34.6 Å². The summed E-state index contributed by atoms with van der Waals surface area (Å²) in [5.74, 6) is 0. The van der Waals surface area contributed by atoms with Gasteiger partial charge >= 0.3 is 0 Å². The number of rotatable bonds is 3. The first kappa shape index (κ1) is 17.9. The number of hydrogen-bond acceptors (Lipinski definition) is 2. The van der Waals surface area contributed by atoms with Gasteiger partial charge in [-0.05, 0) is 13.0 Å². The molecule has 0 saturated heterocycles. The molecular formula is C11H24N2. The van der Waals surface area contributed by atoms with Gasteiger partial charge in [0.2, 0.25) is 0 Å². The average molecular weight is 184 g/mol. The Morgan fingerprint density at radius 3 is 1.77 bits per heavy atom. The second-order valence-electron chi connectivity index (χ2n) is 1.70. The number of allylic oxidation sites excluding steroid dienone is 1. The summed E-state index contributed by atoms with van der Waals surface area (Å²) in [6.07, 6.45) is 3.33. The second-order valence-corrected chi connectivity index (χ2v) is 1.70. The van der Waals surface area contributed by atoms with E-state index in [1.165, 1.54) is 0 Å². The number of nitrogens with zero attached hydrogens (tertiary/aromatic N) is 2. The predicted molar refractivity (Wildman–Crippen MR) is 64.0 cm³/mol. The third kappa shape index (κ3) is 18.2. The maximum absolute atomic E-state index is 4.03. The van der Waals surface area contributed by atoms with Crippen LogP contribution in [0.4, 0.5) is 0 Å². The van der Waals surface area contributed by atoms with Crippen molar-refractivity contribution < 1.29 is 0 Å². The predicted octanol–water partition coefficient (Wildman–Crippen LogP) is 3.68. The Hall–Kier alpha value is -1.05. The summed E-state index contributed by atoms with van der Waals surface area (Å²) >= 11 is 0. The van der Waals surface area contributed by atoms with E-state index in [2.05, 4.69) is 18.3 Å². The van der Waals surface area contributed by atoms with Crippen LogP contribution in [0.5, 0.6) is 0 Å². The Bertz CT molecular complexity index is 137. The zero-order valence-corrected chi connectivity index (χ0v) is 9.96. The van der Waals surface area contributed by atoms with E-state index >= 15 is 0 Å². The molecule has 0 unspecified atom stereocenters. The Labute approximate surface area is 83.6 Å². The molecule has 0 atom stereocenters. The molecule has 2 nitrogen and oxygen atoms in total. The second kappa shape index (κ2) is 17.2. The average Bonchev–Trinajstić information content (AvgIpc) is 2.23. The maximum atomic E-state index is 4.03. The fraction of sp³-hybridized carbons (Fsp3) is 0.545. The van der Waals surface area contributed by atoms with E-state index in [9.17, 15) is 0 Å². The largest absolute Gasteiger partial charge is 0.276 e. The van der Waals surface area contributed by atoms with E-state index in [0.29, 0.717) is 0 Å². The maximum Gasteiger partial charge on any atom is 0.0572 e. The van der Waals surface area contributed by atoms with Crippen LogP contribution in [0, 0.1) is 0 Å². The van der Waals surface area contributed by atoms with Crippen molar-refractivity contribution in [2.45, 2.75) is 34.6 Å². The molecule has 0 aromatic rings. The Balaban J connectivity index is -0.000000218. The lowest BCUT2D eigenvalue weighted by Gasteiger charge is -2.04. The van der Waals surface area contributed by atoms with E-state index in [1.54, 1.807) is 17.3 Å². The summed E-state index contributed by atoms with van der Waals surface area (Å²) in [7, 11) is 1.82. The van der Waals surface area contributed by atoms with Gasteiger partial charge in [0, 0.05) is 13.2 Å². The minimum absolute atomic E-state index is 0.886. The molecule has 0 bridgehead atoms. The molecule has 0 saturated carbocycles. The quantitative estimate of drug-likeness (QED) is 0.482. The zero-order valence-electron chi connectivity index (χ0n) is 9.96. The van der Waals surface area contributed by atoms with Crippen LogP contribution in [-0.4, -0.2) is 17.8 Å². The van der Waals surface area contributed by atoms with Crippen LogP contribution in [0.3, 0.4) is 0 Å². The molecule has 0 aromatic carbocycles. The normalized spacial score (nSPS) is 8.31. The van der Waals surface area contributed by atoms with Gasteiger partial charge in [-0.15, -0.1) is 0 Å². The molecule has 78 valence electrons. The van der Waals surface area contributed by atoms with Crippen LogP contribution in [-0.2, 0) is 0 Å². The molecule has 0 spiro atoms. The van der Waals surface area contributed by atoms with Crippen LogP contribution < -0.4 is 0 Å². The van der Waals surface area contributed by atoms with Gasteiger partial charge in [0.1, 0.15) is 0 Å². The minimum atomic E-state index is 0.886. The molecule has 0 fully saturated rings. The van der Waals surface area contributed by atoms with Gasteiger partial charge in [-0.1, -0.05) is 40.9 Å². The summed E-state index contributed by atoms with van der Waals surface area (Å²) in [6.45, 7) is 17.0. The molecule has 0 aliphatic heterocycles. The first-order valence-corrected chi connectivity index (χ1v) is 4.73. The molecule has 0 aliphatic carbocycles. The molecule has 0 N–H and O–H groups in total. The van der Waals surface area contributed by atoms with E-state index in [0.717, 1.165) is 5.71 Å². The number of hydrogen-bond donors (Lipinski definition) is 0. The third-order valence-corrected chi connectivity index (χ3v) is 0.875. The molecule has 0 radical (unpaired) electrons. The molecule has 0 heterocycles. The van der Waals surface area contributed by atoms with Crippen LogP contribution in [0.25, 0.3) is 0 Å². The monoisotopic (exact) mass is 184 g/mol. The summed E-state index contributed by atoms with van der Waals surface area (Å²) < 4.78 is 0. The van der Waals surface area contributed by atoms with Crippen LogP contribution in [0.15, 0.2) is 30.5 Å². The SMILES string of the molecule is C=C/C(C)=N\N(C)C=C.CC.CC. The van der Waals surface area contributed by atoms with Crippen molar-refractivity contribution in [1.29, 1.82) is 0 Å². The third-order valence-electron chi connectivity index (χ3n) is 0.875. The summed E-state index contributed by atoms with van der Waals surface area (Å²) in [6, 6.07) is 0. The van der Waals surface area contributed by atoms with Gasteiger partial charge in [-0.25, -0.2) is 0 Å². The molecule has 0 rings (SSSR count). The highest BCUT2D eigenvalue weighted by Crippen LogP contribution is 1.85. The van der Waals surface area contributed by atoms with E-state index in [4.69, 9.17) is 0 Å². The fourth-order valence-electron chi connectivity index (χ4n) is 0.330. The van der Waals surface area contributed by atoms with E-state index in [-0.39, 0.29) is 0 Å². The van der Waals surface area contributed by atoms with Gasteiger partial charge < -0.3 is 0 Å². The first-order valence-electron chi connectivity index (χ1n) is 4.73. The van der Waals surface area contributed by atoms with Gasteiger partial charge in [-0.2, -0.15) is 5.10 Å². The van der Waals surface area contributed by atoms with Crippen molar-refractivity contribution in [1.82, 2.24) is 5.01 Å². The van der Waals surface area contributed by atoms with E-state index < -0.39 is 0 Å². The molecule has 2 heteroatoms. The smallest absolute Gasteiger partial charge is 0.0572 e. The van der Waals surface area contributed by atoms with Crippen LogP contribution >= 0.6 is 0 Å². The van der Waals surface area contributed by atoms with Crippen molar-refractivity contribution in [2.75, 3.05) is 7.05 Å². The zero-order chi connectivity index (χ0) is 11.3. The molecule has 13 heavy (non-hydrogen) atoms. The van der Waals surface area contributed by atoms with Crippen LogP contribution in [0.2, 0.25) is 0 Å². The molecular weight excluding hydrogens is 160 g/mol. The topological polar surface area (TPSA) is 15.6 Å². The molecule has 0 amide bonds. The van der Waals surface area contributed by atoms with Crippen molar-refractivity contribution >= 4 is 5.71 Å². The number of hydrazone groups is 1. The highest BCUT2D eigenvalue weighted by molar-refractivity contribution is 5.91. The van der Waals surface area contributed by atoms with Gasteiger partial charge in [0.25, 0.3) is 0 Å². The Kier molecular flexibility index (Phi) is 23.6. The highest BCUT2D eigenvalue weighted by Gasteiger charge is 1.82. The van der Waals surface area contributed by atoms with Crippen molar-refractivity contribution in [3.8, 4) is 0 Å². The lowest BCUT2D eigenvalue weighted by molar-refractivity contribution is 0.492. The minimum Gasteiger partial charge on any atom is -0.276 e. The summed E-state index contributed by atoms with van der Waals surface area (Å²) in [4.78, 5) is 0. The Morgan fingerprint density at radius 2 is 1.54 bits per heavy atom. The summed E-state index contributed by atoms with van der Waals surface area (Å²) in [5, 5.41) is 5.66. The lowest BCUT2D eigenvalue weighted by atomic mass is 10.4. The standard InChI is InChI=1S/C7H12N2.2C2H6/c1-5-7(3)8-9(4)6-2;2*1-2/h5-6H,1-2H2,3-4H3;2*1-2H3/b8-7-;;. The first-order chi connectivity index (χ1) is 6.20. The Morgan fingerprint density at radius 1 is 1.15 bits per heavy atom. The fourth-order valence-corrected chi connectivity index (χ4v) is 0.330. The highest BCUT2D eigenvalue weighted by atomic mass is 15.4. The van der Waals surface area contributed by atoms with Gasteiger partial charge in [0.05, 0.1) is 5.71 Å². The van der Waals surface area contributed by atoms with Crippen molar-refractivity contribution in [3.63, 3.8) is 0 Å². The molecule has 0 aromatic heterocycles. The molecule has 0 aliphatic rings. The summed E-state index contributed by atoms with van der Waals surface area (Å²) in [5.41, 5.74) is 0.886. The van der Waals surface area contributed by atoms with Gasteiger partial charge in [-0.3, -0.25) is 5.01 Å². The van der Waals surface area contributed by atoms with Crippen molar-refractivity contribution in [3.05, 3.63) is 25.4 Å². The lowest BCUT2D eigenvalue weighted by Crippen LogP contribution is -2.02. The van der Waals surface area contributed by atoms with Crippen molar-refractivity contribution in [2.24, 2.45) is 5.10 Å². The van der Waals surface area contributed by atoms with E-state index in [1.807, 2.05) is 41.7 Å².